The Kier molecular flexibility index (Phi) is 5.52. The maximum atomic E-state index is 12.7. The zero-order chi connectivity index (χ0) is 18.7. The van der Waals surface area contributed by atoms with Crippen molar-refractivity contribution in [2.75, 3.05) is 18.8 Å². The number of amides is 1. The third-order valence-electron chi connectivity index (χ3n) is 5.13. The van der Waals surface area contributed by atoms with E-state index < -0.39 is 0 Å². The number of hydrogen-bond acceptors (Lipinski definition) is 5. The third-order valence-corrected chi connectivity index (χ3v) is 5.13. The van der Waals surface area contributed by atoms with Gasteiger partial charge in [0.15, 0.2) is 0 Å². The standard InChI is InChI=1S/C20H26N4O2/c1-13-18(14(2)23-20(21)22-13)10-19(26)24-8-7-17(11-24)9-15-3-5-16(12-25)6-4-15/h3-6,17,25H,7-12H2,1-2H3,(H2,21,22,23). The number of anilines is 1. The van der Waals surface area contributed by atoms with Crippen LogP contribution in [0.2, 0.25) is 0 Å². The molecule has 1 aromatic carbocycles. The Balaban J connectivity index is 1.58. The summed E-state index contributed by atoms with van der Waals surface area (Å²) < 4.78 is 0. The molecule has 26 heavy (non-hydrogen) atoms. The van der Waals surface area contributed by atoms with Crippen LogP contribution in [-0.4, -0.2) is 39.0 Å². The smallest absolute Gasteiger partial charge is 0.227 e. The van der Waals surface area contributed by atoms with Crippen LogP contribution in [0.25, 0.3) is 0 Å². The first kappa shape index (κ1) is 18.3. The molecular formula is C20H26N4O2. The van der Waals surface area contributed by atoms with Gasteiger partial charge in [-0.2, -0.15) is 0 Å². The molecule has 1 saturated heterocycles. The summed E-state index contributed by atoms with van der Waals surface area (Å²) in [5.74, 6) is 0.858. The van der Waals surface area contributed by atoms with E-state index in [1.807, 2.05) is 30.9 Å². The van der Waals surface area contributed by atoms with Crippen molar-refractivity contribution in [1.82, 2.24) is 14.9 Å². The molecule has 1 atom stereocenters. The summed E-state index contributed by atoms with van der Waals surface area (Å²) >= 11 is 0. The minimum absolute atomic E-state index is 0.0691. The van der Waals surface area contributed by atoms with E-state index in [-0.39, 0.29) is 18.5 Å². The number of carbonyl (C=O) groups excluding carboxylic acids is 1. The number of nitrogens with two attached hydrogens (primary N) is 1. The Labute approximate surface area is 154 Å². The SMILES string of the molecule is Cc1nc(N)nc(C)c1CC(=O)N1CCC(Cc2ccc(CO)cc2)C1. The van der Waals surface area contributed by atoms with Gasteiger partial charge in [-0.25, -0.2) is 9.97 Å². The van der Waals surface area contributed by atoms with E-state index in [1.54, 1.807) is 0 Å². The van der Waals surface area contributed by atoms with Crippen LogP contribution in [0.5, 0.6) is 0 Å². The summed E-state index contributed by atoms with van der Waals surface area (Å²) in [5.41, 5.74) is 10.3. The van der Waals surface area contributed by atoms with Gasteiger partial charge in [-0.15, -0.1) is 0 Å². The fourth-order valence-electron chi connectivity index (χ4n) is 3.62. The topological polar surface area (TPSA) is 92.3 Å². The van der Waals surface area contributed by atoms with Crippen LogP contribution in [0.15, 0.2) is 24.3 Å². The van der Waals surface area contributed by atoms with Crippen molar-refractivity contribution in [3.05, 3.63) is 52.3 Å². The zero-order valence-electron chi connectivity index (χ0n) is 15.4. The van der Waals surface area contributed by atoms with Gasteiger partial charge < -0.3 is 15.7 Å². The van der Waals surface area contributed by atoms with Crippen molar-refractivity contribution in [2.24, 2.45) is 5.92 Å². The highest BCUT2D eigenvalue weighted by molar-refractivity contribution is 5.79. The van der Waals surface area contributed by atoms with Crippen molar-refractivity contribution in [2.45, 2.75) is 39.7 Å². The fourth-order valence-corrected chi connectivity index (χ4v) is 3.62. The van der Waals surface area contributed by atoms with E-state index in [4.69, 9.17) is 10.8 Å². The number of likely N-dealkylation sites (tertiary alicyclic amines) is 1. The number of hydrogen-bond donors (Lipinski definition) is 2. The van der Waals surface area contributed by atoms with Gasteiger partial charge in [-0.3, -0.25) is 4.79 Å². The van der Waals surface area contributed by atoms with Crippen molar-refractivity contribution in [3.63, 3.8) is 0 Å². The van der Waals surface area contributed by atoms with Crippen LogP contribution in [0.4, 0.5) is 5.95 Å². The van der Waals surface area contributed by atoms with Crippen molar-refractivity contribution in [1.29, 1.82) is 0 Å². The van der Waals surface area contributed by atoms with E-state index in [0.29, 0.717) is 12.3 Å². The van der Waals surface area contributed by atoms with Gasteiger partial charge >= 0.3 is 0 Å². The molecule has 0 bridgehead atoms. The summed E-state index contributed by atoms with van der Waals surface area (Å²) in [6, 6.07) is 8.04. The second-order valence-corrected chi connectivity index (χ2v) is 7.08. The van der Waals surface area contributed by atoms with Crippen LogP contribution in [0, 0.1) is 19.8 Å². The summed E-state index contributed by atoms with van der Waals surface area (Å²) in [5, 5.41) is 9.12. The lowest BCUT2D eigenvalue weighted by molar-refractivity contribution is -0.129. The van der Waals surface area contributed by atoms with E-state index in [1.165, 1.54) is 5.56 Å². The van der Waals surface area contributed by atoms with Crippen molar-refractivity contribution in [3.8, 4) is 0 Å². The van der Waals surface area contributed by atoms with Crippen molar-refractivity contribution < 1.29 is 9.90 Å². The summed E-state index contributed by atoms with van der Waals surface area (Å²) in [6.07, 6.45) is 2.30. The highest BCUT2D eigenvalue weighted by Crippen LogP contribution is 2.23. The molecule has 2 heterocycles. The van der Waals surface area contributed by atoms with Crippen LogP contribution in [-0.2, 0) is 24.2 Å². The minimum Gasteiger partial charge on any atom is -0.392 e. The lowest BCUT2D eigenvalue weighted by Gasteiger charge is -2.18. The summed E-state index contributed by atoms with van der Waals surface area (Å²) in [4.78, 5) is 23.0. The maximum Gasteiger partial charge on any atom is 0.227 e. The average molecular weight is 354 g/mol. The number of carbonyl (C=O) groups is 1. The summed E-state index contributed by atoms with van der Waals surface area (Å²) in [6.45, 7) is 5.40. The van der Waals surface area contributed by atoms with E-state index >= 15 is 0 Å². The molecule has 0 aliphatic carbocycles. The molecule has 1 aliphatic heterocycles. The van der Waals surface area contributed by atoms with Crippen LogP contribution >= 0.6 is 0 Å². The number of aliphatic hydroxyl groups excluding tert-OH is 1. The number of aryl methyl sites for hydroxylation is 2. The molecule has 0 spiro atoms. The Morgan fingerprint density at radius 2 is 1.81 bits per heavy atom. The lowest BCUT2D eigenvalue weighted by Crippen LogP contribution is -2.31. The number of benzene rings is 1. The monoisotopic (exact) mass is 354 g/mol. The summed E-state index contributed by atoms with van der Waals surface area (Å²) in [7, 11) is 0. The minimum atomic E-state index is 0.0691. The van der Waals surface area contributed by atoms with Gasteiger partial charge in [0.05, 0.1) is 13.0 Å². The van der Waals surface area contributed by atoms with E-state index in [9.17, 15) is 4.79 Å². The number of nitrogen functional groups attached to an aromatic ring is 1. The molecule has 138 valence electrons. The van der Waals surface area contributed by atoms with Crippen molar-refractivity contribution >= 4 is 11.9 Å². The van der Waals surface area contributed by atoms with E-state index in [0.717, 1.165) is 48.4 Å². The maximum absolute atomic E-state index is 12.7. The second-order valence-electron chi connectivity index (χ2n) is 7.08. The zero-order valence-corrected chi connectivity index (χ0v) is 15.4. The number of aromatic nitrogens is 2. The molecule has 3 N–H and O–H groups in total. The van der Waals surface area contributed by atoms with E-state index in [2.05, 4.69) is 22.1 Å². The normalized spacial score (nSPS) is 16.9. The highest BCUT2D eigenvalue weighted by atomic mass is 16.3. The predicted molar refractivity (Wildman–Crippen MR) is 100 cm³/mol. The van der Waals surface area contributed by atoms with Gasteiger partial charge in [0.2, 0.25) is 11.9 Å². The van der Waals surface area contributed by atoms with Gasteiger partial charge in [0, 0.05) is 30.0 Å². The number of rotatable bonds is 5. The molecule has 0 saturated carbocycles. The first-order chi connectivity index (χ1) is 12.5. The largest absolute Gasteiger partial charge is 0.392 e. The Hall–Kier alpha value is -2.47. The highest BCUT2D eigenvalue weighted by Gasteiger charge is 2.27. The predicted octanol–water partition coefficient (Wildman–Crippen LogP) is 1.80. The molecule has 1 aliphatic rings. The van der Waals surface area contributed by atoms with Crippen LogP contribution in [0.1, 0.15) is 34.5 Å². The first-order valence-corrected chi connectivity index (χ1v) is 9.02. The Morgan fingerprint density at radius 3 is 2.42 bits per heavy atom. The quantitative estimate of drug-likeness (QED) is 0.854. The second kappa shape index (κ2) is 7.83. The molecule has 1 aromatic heterocycles. The fraction of sp³-hybridized carbons (Fsp3) is 0.450. The van der Waals surface area contributed by atoms with Gasteiger partial charge in [-0.1, -0.05) is 24.3 Å². The molecule has 1 amide bonds. The van der Waals surface area contributed by atoms with Gasteiger partial charge in [0.25, 0.3) is 0 Å². The first-order valence-electron chi connectivity index (χ1n) is 9.02. The molecule has 2 aromatic rings. The number of aliphatic hydroxyl groups is 1. The van der Waals surface area contributed by atoms with Crippen LogP contribution in [0.3, 0.4) is 0 Å². The molecular weight excluding hydrogens is 328 g/mol. The Morgan fingerprint density at radius 1 is 1.19 bits per heavy atom. The average Bonchev–Trinajstić information content (AvgIpc) is 3.07. The molecule has 1 fully saturated rings. The third kappa shape index (κ3) is 4.19. The van der Waals surface area contributed by atoms with Gasteiger partial charge in [-0.05, 0) is 43.7 Å². The molecule has 3 rings (SSSR count). The molecule has 0 radical (unpaired) electrons. The van der Waals surface area contributed by atoms with Crippen LogP contribution < -0.4 is 5.73 Å². The lowest BCUT2D eigenvalue weighted by atomic mass is 9.98. The number of nitrogens with zero attached hydrogens (tertiary/aromatic N) is 3. The molecule has 6 nitrogen and oxygen atoms in total. The molecule has 1 unspecified atom stereocenters. The Bertz CT molecular complexity index is 766. The van der Waals surface area contributed by atoms with Gasteiger partial charge in [0.1, 0.15) is 0 Å². The molecule has 6 heteroatoms.